The molecule has 0 saturated carbocycles. The van der Waals surface area contributed by atoms with E-state index in [9.17, 15) is 4.79 Å². The molecule has 1 amide bonds. The van der Waals surface area contributed by atoms with Gasteiger partial charge in [-0.15, -0.1) is 0 Å². The van der Waals surface area contributed by atoms with Crippen LogP contribution in [0.4, 0.5) is 11.4 Å². The molecule has 0 radical (unpaired) electrons. The number of pyridine rings is 1. The third-order valence-electron chi connectivity index (χ3n) is 4.68. The Morgan fingerprint density at radius 2 is 2.00 bits per heavy atom. The molecule has 132 valence electrons. The second-order valence-corrected chi connectivity index (χ2v) is 6.73. The lowest BCUT2D eigenvalue weighted by molar-refractivity contribution is 0.0691. The number of hydrogen-bond acceptors (Lipinski definition) is 4. The molecule has 5 nitrogen and oxygen atoms in total. The van der Waals surface area contributed by atoms with E-state index in [-0.39, 0.29) is 5.91 Å². The number of anilines is 2. The summed E-state index contributed by atoms with van der Waals surface area (Å²) in [5.41, 5.74) is 3.31. The van der Waals surface area contributed by atoms with Gasteiger partial charge < -0.3 is 15.0 Å². The summed E-state index contributed by atoms with van der Waals surface area (Å²) >= 11 is 0. The predicted octanol–water partition coefficient (Wildman–Crippen LogP) is 4.01. The molecule has 1 aliphatic heterocycles. The molecule has 1 saturated heterocycles. The molecule has 1 aromatic heterocycles. The molecule has 0 unspecified atom stereocenters. The Morgan fingerprint density at radius 3 is 2.72 bits per heavy atom. The molecule has 1 fully saturated rings. The van der Waals surface area contributed by atoms with Crippen LogP contribution < -0.4 is 10.1 Å². The summed E-state index contributed by atoms with van der Waals surface area (Å²) < 4.78 is 5.40. The molecule has 0 bridgehead atoms. The van der Waals surface area contributed by atoms with Gasteiger partial charge in [-0.1, -0.05) is 13.0 Å². The molecule has 25 heavy (non-hydrogen) atoms. The number of aryl methyl sites for hydroxylation is 1. The van der Waals surface area contributed by atoms with Crippen molar-refractivity contribution in [2.75, 3.05) is 25.5 Å². The highest BCUT2D eigenvalue weighted by molar-refractivity contribution is 5.93. The van der Waals surface area contributed by atoms with Gasteiger partial charge in [0.1, 0.15) is 11.4 Å². The molecule has 5 heteroatoms. The maximum absolute atomic E-state index is 12.7. The first kappa shape index (κ1) is 17.3. The van der Waals surface area contributed by atoms with E-state index in [1.54, 1.807) is 13.3 Å². The summed E-state index contributed by atoms with van der Waals surface area (Å²) in [6, 6.07) is 9.62. The van der Waals surface area contributed by atoms with Crippen molar-refractivity contribution in [3.63, 3.8) is 0 Å². The molecule has 2 aromatic rings. The molecule has 2 heterocycles. The zero-order chi connectivity index (χ0) is 17.8. The molecule has 0 atom stereocenters. The second-order valence-electron chi connectivity index (χ2n) is 6.73. The minimum absolute atomic E-state index is 0.00626. The summed E-state index contributed by atoms with van der Waals surface area (Å²) in [6.07, 6.45) is 3.79. The van der Waals surface area contributed by atoms with Crippen LogP contribution in [0.15, 0.2) is 36.5 Å². The zero-order valence-electron chi connectivity index (χ0n) is 15.1. The number of aromatic nitrogens is 1. The highest BCUT2D eigenvalue weighted by Crippen LogP contribution is 2.29. The summed E-state index contributed by atoms with van der Waals surface area (Å²) in [5.74, 6) is 1.46. The molecular weight excluding hydrogens is 314 g/mol. The number of carbonyl (C=O) groups excluding carboxylic acids is 1. The molecule has 1 N–H and O–H groups in total. The van der Waals surface area contributed by atoms with Gasteiger partial charge in [-0.05, 0) is 55.5 Å². The first-order valence-electron chi connectivity index (χ1n) is 8.74. The minimum Gasteiger partial charge on any atom is -0.495 e. The Hall–Kier alpha value is -2.56. The zero-order valence-corrected chi connectivity index (χ0v) is 15.1. The van der Waals surface area contributed by atoms with Crippen LogP contribution in [-0.4, -0.2) is 36.0 Å². The molecule has 3 rings (SSSR count). The monoisotopic (exact) mass is 339 g/mol. The molecule has 0 spiro atoms. The third kappa shape index (κ3) is 4.10. The maximum atomic E-state index is 12.7. The van der Waals surface area contributed by atoms with E-state index in [4.69, 9.17) is 4.74 Å². The average Bonchev–Trinajstić information content (AvgIpc) is 2.62. The highest BCUT2D eigenvalue weighted by Gasteiger charge is 2.22. The molecule has 1 aromatic carbocycles. The largest absolute Gasteiger partial charge is 0.495 e. The van der Waals surface area contributed by atoms with Crippen LogP contribution in [0, 0.1) is 12.8 Å². The van der Waals surface area contributed by atoms with Gasteiger partial charge in [0.2, 0.25) is 0 Å². The molecular formula is C20H25N3O2. The smallest absolute Gasteiger partial charge is 0.272 e. The summed E-state index contributed by atoms with van der Waals surface area (Å²) in [7, 11) is 1.65. The second kappa shape index (κ2) is 7.55. The van der Waals surface area contributed by atoms with Crippen LogP contribution in [0.5, 0.6) is 5.75 Å². The maximum Gasteiger partial charge on any atom is 0.272 e. The lowest BCUT2D eigenvalue weighted by Crippen LogP contribution is -2.38. The van der Waals surface area contributed by atoms with Crippen LogP contribution in [0.2, 0.25) is 0 Å². The fourth-order valence-electron chi connectivity index (χ4n) is 3.07. The van der Waals surface area contributed by atoms with Gasteiger partial charge in [0.25, 0.3) is 5.91 Å². The van der Waals surface area contributed by atoms with Crippen LogP contribution in [0.1, 0.15) is 35.8 Å². The first-order chi connectivity index (χ1) is 12.1. The van der Waals surface area contributed by atoms with Crippen molar-refractivity contribution >= 4 is 17.3 Å². The topological polar surface area (TPSA) is 54.5 Å². The Morgan fingerprint density at radius 1 is 1.24 bits per heavy atom. The van der Waals surface area contributed by atoms with E-state index in [1.165, 1.54) is 0 Å². The van der Waals surface area contributed by atoms with E-state index < -0.39 is 0 Å². The lowest BCUT2D eigenvalue weighted by Gasteiger charge is -2.30. The number of piperidine rings is 1. The number of methoxy groups -OCH3 is 1. The number of amides is 1. The van der Waals surface area contributed by atoms with Crippen molar-refractivity contribution in [1.82, 2.24) is 9.88 Å². The number of nitrogens with zero attached hydrogens (tertiary/aromatic N) is 2. The summed E-state index contributed by atoms with van der Waals surface area (Å²) in [4.78, 5) is 18.9. The third-order valence-corrected chi connectivity index (χ3v) is 4.68. The number of likely N-dealkylation sites (tertiary alicyclic amines) is 1. The van der Waals surface area contributed by atoms with Gasteiger partial charge in [0.15, 0.2) is 0 Å². The van der Waals surface area contributed by atoms with Crippen molar-refractivity contribution in [2.24, 2.45) is 5.92 Å². The van der Waals surface area contributed by atoms with Gasteiger partial charge in [0.05, 0.1) is 12.8 Å². The summed E-state index contributed by atoms with van der Waals surface area (Å²) in [5, 5.41) is 3.33. The van der Waals surface area contributed by atoms with E-state index >= 15 is 0 Å². The van der Waals surface area contributed by atoms with Crippen molar-refractivity contribution in [3.8, 4) is 5.75 Å². The predicted molar refractivity (Wildman–Crippen MR) is 99.6 cm³/mol. The molecule has 0 aliphatic carbocycles. The van der Waals surface area contributed by atoms with Crippen LogP contribution in [0.3, 0.4) is 0 Å². The van der Waals surface area contributed by atoms with Crippen LogP contribution >= 0.6 is 0 Å². The number of rotatable bonds is 4. The average molecular weight is 339 g/mol. The number of benzene rings is 1. The van der Waals surface area contributed by atoms with Crippen molar-refractivity contribution in [2.45, 2.75) is 26.7 Å². The lowest BCUT2D eigenvalue weighted by atomic mass is 9.99. The van der Waals surface area contributed by atoms with Crippen molar-refractivity contribution < 1.29 is 9.53 Å². The quantitative estimate of drug-likeness (QED) is 0.914. The Balaban J connectivity index is 1.78. The van der Waals surface area contributed by atoms with Crippen LogP contribution in [0.25, 0.3) is 0 Å². The Bertz CT molecular complexity index is 752. The number of hydrogen-bond donors (Lipinski definition) is 1. The fourth-order valence-corrected chi connectivity index (χ4v) is 3.07. The van der Waals surface area contributed by atoms with Gasteiger partial charge in [-0.25, -0.2) is 0 Å². The van der Waals surface area contributed by atoms with Gasteiger partial charge in [0, 0.05) is 25.0 Å². The van der Waals surface area contributed by atoms with E-state index in [2.05, 4.69) is 17.2 Å². The van der Waals surface area contributed by atoms with Gasteiger partial charge in [-0.2, -0.15) is 0 Å². The summed E-state index contributed by atoms with van der Waals surface area (Å²) in [6.45, 7) is 5.89. The van der Waals surface area contributed by atoms with Crippen molar-refractivity contribution in [1.29, 1.82) is 0 Å². The minimum atomic E-state index is 0.00626. The number of ether oxygens (including phenoxy) is 1. The first-order valence-corrected chi connectivity index (χ1v) is 8.74. The van der Waals surface area contributed by atoms with Gasteiger partial charge >= 0.3 is 0 Å². The molecule has 1 aliphatic rings. The normalized spacial score (nSPS) is 15.1. The Labute approximate surface area is 149 Å². The van der Waals surface area contributed by atoms with Crippen LogP contribution in [-0.2, 0) is 0 Å². The van der Waals surface area contributed by atoms with E-state index in [0.717, 1.165) is 48.6 Å². The van der Waals surface area contributed by atoms with E-state index in [0.29, 0.717) is 11.6 Å². The SMILES string of the molecule is COc1ccc(C)cc1Nc1ccnc(C(=O)N2CCC(C)CC2)c1. The number of carbonyl (C=O) groups is 1. The number of nitrogens with one attached hydrogen (secondary N) is 1. The fraction of sp³-hybridized carbons (Fsp3) is 0.400. The Kier molecular flexibility index (Phi) is 5.22. The van der Waals surface area contributed by atoms with Gasteiger partial charge in [-0.3, -0.25) is 9.78 Å². The standard InChI is InChI=1S/C20H25N3O2/c1-14-7-10-23(11-8-14)20(24)18-13-16(6-9-21-18)22-17-12-15(2)4-5-19(17)25-3/h4-6,9,12-14H,7-8,10-11H2,1-3H3,(H,21,22). The van der Waals surface area contributed by atoms with Crippen molar-refractivity contribution in [3.05, 3.63) is 47.8 Å². The highest BCUT2D eigenvalue weighted by atomic mass is 16.5. The van der Waals surface area contributed by atoms with E-state index in [1.807, 2.05) is 42.2 Å².